The molecule has 2 aromatic carbocycles. The fourth-order valence-electron chi connectivity index (χ4n) is 3.69. The molecule has 24 heavy (non-hydrogen) atoms. The maximum atomic E-state index is 2.69. The largest absolute Gasteiger partial charge is 0.304 e. The van der Waals surface area contributed by atoms with Crippen molar-refractivity contribution in [2.45, 2.75) is 27.1 Å². The standard InChI is InChI=1S/C20H24N2S2/c1-21-9-11-22(12-10-21)18-14-15-13-16(23-2)7-8-19(15)24-20-6-4-3-5-17(18)20/h3-8,13,18H,9-12,14H2,1-2H3. The Balaban J connectivity index is 1.73. The quantitative estimate of drug-likeness (QED) is 0.735. The van der Waals surface area contributed by atoms with Gasteiger partial charge in [0.2, 0.25) is 0 Å². The van der Waals surface area contributed by atoms with Gasteiger partial charge in [-0.25, -0.2) is 0 Å². The first-order chi connectivity index (χ1) is 11.7. The lowest BCUT2D eigenvalue weighted by molar-refractivity contribution is 0.110. The molecule has 0 N–H and O–H groups in total. The van der Waals surface area contributed by atoms with E-state index in [0.717, 1.165) is 19.5 Å². The van der Waals surface area contributed by atoms with Crippen molar-refractivity contribution in [3.05, 3.63) is 53.6 Å². The van der Waals surface area contributed by atoms with E-state index in [1.54, 1.807) is 0 Å². The Morgan fingerprint density at radius 3 is 2.58 bits per heavy atom. The molecule has 2 aromatic rings. The lowest BCUT2D eigenvalue weighted by Crippen LogP contribution is -2.46. The van der Waals surface area contributed by atoms with Gasteiger partial charge in [0.25, 0.3) is 0 Å². The molecule has 1 atom stereocenters. The van der Waals surface area contributed by atoms with E-state index in [1.165, 1.54) is 38.9 Å². The summed E-state index contributed by atoms with van der Waals surface area (Å²) in [7, 11) is 2.23. The Labute approximate surface area is 153 Å². The Kier molecular flexibility index (Phi) is 4.90. The van der Waals surface area contributed by atoms with E-state index in [4.69, 9.17) is 0 Å². The highest BCUT2D eigenvalue weighted by Gasteiger charge is 2.29. The van der Waals surface area contributed by atoms with Crippen LogP contribution in [0.25, 0.3) is 0 Å². The van der Waals surface area contributed by atoms with E-state index in [9.17, 15) is 0 Å². The van der Waals surface area contributed by atoms with Gasteiger partial charge in [-0.15, -0.1) is 11.8 Å². The Hall–Kier alpha value is -0.940. The molecule has 126 valence electrons. The summed E-state index contributed by atoms with van der Waals surface area (Å²) in [6, 6.07) is 16.5. The highest BCUT2D eigenvalue weighted by Crippen LogP contribution is 2.43. The minimum absolute atomic E-state index is 0.501. The van der Waals surface area contributed by atoms with Gasteiger partial charge in [-0.3, -0.25) is 4.90 Å². The zero-order valence-electron chi connectivity index (χ0n) is 14.4. The van der Waals surface area contributed by atoms with Crippen LogP contribution in [0.15, 0.2) is 57.2 Å². The fraction of sp³-hybridized carbons (Fsp3) is 0.400. The van der Waals surface area contributed by atoms with Crippen LogP contribution in [0.4, 0.5) is 0 Å². The van der Waals surface area contributed by atoms with Crippen molar-refractivity contribution in [3.8, 4) is 0 Å². The summed E-state index contributed by atoms with van der Waals surface area (Å²) in [5, 5.41) is 0. The third kappa shape index (κ3) is 3.25. The zero-order chi connectivity index (χ0) is 16.5. The summed E-state index contributed by atoms with van der Waals surface area (Å²) in [6.45, 7) is 4.67. The summed E-state index contributed by atoms with van der Waals surface area (Å²) in [4.78, 5) is 9.36. The van der Waals surface area contributed by atoms with Gasteiger partial charge in [0.1, 0.15) is 0 Å². The molecule has 0 spiro atoms. The van der Waals surface area contributed by atoms with Crippen molar-refractivity contribution < 1.29 is 0 Å². The minimum atomic E-state index is 0.501. The van der Waals surface area contributed by atoms with E-state index in [2.05, 4.69) is 65.6 Å². The van der Waals surface area contributed by atoms with Gasteiger partial charge >= 0.3 is 0 Å². The number of piperazine rings is 1. The van der Waals surface area contributed by atoms with Gasteiger partial charge in [-0.2, -0.15) is 0 Å². The summed E-state index contributed by atoms with van der Waals surface area (Å²) in [6.07, 6.45) is 3.29. The Morgan fingerprint density at radius 2 is 1.79 bits per heavy atom. The average molecular weight is 357 g/mol. The van der Waals surface area contributed by atoms with Crippen LogP contribution in [0.5, 0.6) is 0 Å². The van der Waals surface area contributed by atoms with Crippen molar-refractivity contribution in [2.75, 3.05) is 39.5 Å². The van der Waals surface area contributed by atoms with Gasteiger partial charge in [0, 0.05) is 46.9 Å². The second-order valence-corrected chi connectivity index (χ2v) is 8.64. The lowest BCUT2D eigenvalue weighted by Gasteiger charge is -2.38. The second-order valence-electron chi connectivity index (χ2n) is 6.67. The molecule has 1 unspecified atom stereocenters. The predicted octanol–water partition coefficient (Wildman–Crippen LogP) is 4.40. The van der Waals surface area contributed by atoms with Crippen molar-refractivity contribution in [1.82, 2.24) is 9.80 Å². The van der Waals surface area contributed by atoms with Crippen LogP contribution >= 0.6 is 23.5 Å². The van der Waals surface area contributed by atoms with Gasteiger partial charge in [-0.05, 0) is 55.1 Å². The number of thioether (sulfide) groups is 1. The van der Waals surface area contributed by atoms with Crippen LogP contribution < -0.4 is 0 Å². The first kappa shape index (κ1) is 16.5. The molecule has 4 rings (SSSR count). The molecule has 2 aliphatic heterocycles. The number of rotatable bonds is 2. The summed E-state index contributed by atoms with van der Waals surface area (Å²) in [5.41, 5.74) is 3.01. The Morgan fingerprint density at radius 1 is 1.00 bits per heavy atom. The summed E-state index contributed by atoms with van der Waals surface area (Å²) >= 11 is 3.78. The molecule has 0 saturated carbocycles. The third-order valence-electron chi connectivity index (χ3n) is 5.16. The SMILES string of the molecule is CSc1ccc2c(c1)CC(N1CCN(C)CC1)c1ccccc1S2. The van der Waals surface area contributed by atoms with Gasteiger partial charge in [0.15, 0.2) is 0 Å². The predicted molar refractivity (Wildman–Crippen MR) is 104 cm³/mol. The molecular weight excluding hydrogens is 332 g/mol. The van der Waals surface area contributed by atoms with E-state index < -0.39 is 0 Å². The number of likely N-dealkylation sites (N-methyl/N-ethyl adjacent to an activating group) is 1. The van der Waals surface area contributed by atoms with Crippen molar-refractivity contribution >= 4 is 23.5 Å². The third-order valence-corrected chi connectivity index (χ3v) is 7.09. The molecular formula is C20H24N2S2. The van der Waals surface area contributed by atoms with E-state index in [-0.39, 0.29) is 0 Å². The van der Waals surface area contributed by atoms with Gasteiger partial charge in [-0.1, -0.05) is 30.0 Å². The molecule has 1 fully saturated rings. The molecule has 0 amide bonds. The van der Waals surface area contributed by atoms with E-state index in [0.29, 0.717) is 6.04 Å². The highest BCUT2D eigenvalue weighted by atomic mass is 32.2. The summed E-state index contributed by atoms with van der Waals surface area (Å²) in [5.74, 6) is 0. The average Bonchev–Trinajstić information content (AvgIpc) is 2.78. The van der Waals surface area contributed by atoms with Crippen LogP contribution in [0.3, 0.4) is 0 Å². The number of benzene rings is 2. The number of hydrogen-bond donors (Lipinski definition) is 0. The summed E-state index contributed by atoms with van der Waals surface area (Å²) < 4.78 is 0. The van der Waals surface area contributed by atoms with Crippen LogP contribution in [0, 0.1) is 0 Å². The van der Waals surface area contributed by atoms with Crippen LogP contribution in [-0.4, -0.2) is 49.3 Å². The number of nitrogens with zero attached hydrogens (tertiary/aromatic N) is 2. The zero-order valence-corrected chi connectivity index (χ0v) is 16.0. The molecule has 0 aliphatic carbocycles. The maximum absolute atomic E-state index is 2.69. The monoisotopic (exact) mass is 356 g/mol. The normalized spacial score (nSPS) is 21.8. The molecule has 1 saturated heterocycles. The van der Waals surface area contributed by atoms with Crippen LogP contribution in [-0.2, 0) is 6.42 Å². The van der Waals surface area contributed by atoms with Gasteiger partial charge < -0.3 is 4.90 Å². The number of fused-ring (bicyclic) bond motifs is 2. The second kappa shape index (κ2) is 7.12. The van der Waals surface area contributed by atoms with Crippen LogP contribution in [0.1, 0.15) is 17.2 Å². The number of hydrogen-bond acceptors (Lipinski definition) is 4. The Bertz CT molecular complexity index is 723. The van der Waals surface area contributed by atoms with Gasteiger partial charge in [0.05, 0.1) is 0 Å². The minimum Gasteiger partial charge on any atom is -0.304 e. The van der Waals surface area contributed by atoms with Crippen molar-refractivity contribution in [1.29, 1.82) is 0 Å². The van der Waals surface area contributed by atoms with Crippen molar-refractivity contribution in [3.63, 3.8) is 0 Å². The highest BCUT2D eigenvalue weighted by molar-refractivity contribution is 7.99. The molecule has 2 heterocycles. The first-order valence-electron chi connectivity index (χ1n) is 8.61. The smallest absolute Gasteiger partial charge is 0.0401 e. The maximum Gasteiger partial charge on any atom is 0.0401 e. The molecule has 0 radical (unpaired) electrons. The first-order valence-corrected chi connectivity index (χ1v) is 10.6. The van der Waals surface area contributed by atoms with E-state index >= 15 is 0 Å². The van der Waals surface area contributed by atoms with Crippen molar-refractivity contribution in [2.24, 2.45) is 0 Å². The topological polar surface area (TPSA) is 6.48 Å². The molecule has 2 aliphatic rings. The molecule has 4 heteroatoms. The molecule has 0 bridgehead atoms. The fourth-order valence-corrected chi connectivity index (χ4v) is 5.27. The van der Waals surface area contributed by atoms with Crippen LogP contribution in [0.2, 0.25) is 0 Å². The molecule has 2 nitrogen and oxygen atoms in total. The molecule has 0 aromatic heterocycles. The van der Waals surface area contributed by atoms with E-state index in [1.807, 2.05) is 23.5 Å². The lowest BCUT2D eigenvalue weighted by atomic mass is 9.96.